The number of aliphatic hydroxyl groups is 2. The minimum Gasteiger partial charge on any atom is -0.394 e. The van der Waals surface area contributed by atoms with Crippen LogP contribution in [0.1, 0.15) is 49.6 Å². The number of nitrogens with zero attached hydrogens (tertiary/aromatic N) is 6. The third kappa shape index (κ3) is 3.42. The minimum absolute atomic E-state index is 0.0722. The van der Waals surface area contributed by atoms with Crippen molar-refractivity contribution in [3.8, 4) is 22.6 Å². The lowest BCUT2D eigenvalue weighted by Gasteiger charge is -2.37. The van der Waals surface area contributed by atoms with Crippen molar-refractivity contribution in [1.82, 2.24) is 30.2 Å². The van der Waals surface area contributed by atoms with Crippen LogP contribution in [0.25, 0.3) is 22.6 Å². The fourth-order valence-corrected chi connectivity index (χ4v) is 6.32. The Kier molecular flexibility index (Phi) is 5.43. The maximum atomic E-state index is 14.5. The van der Waals surface area contributed by atoms with Gasteiger partial charge < -0.3 is 10.2 Å². The number of rotatable bonds is 6. The number of benzene rings is 1. The Morgan fingerprint density at radius 1 is 1.05 bits per heavy atom. The maximum absolute atomic E-state index is 14.5. The van der Waals surface area contributed by atoms with Crippen LogP contribution in [-0.2, 0) is 12.0 Å². The molecule has 2 aliphatic rings. The molecular weight excluding hydrogens is 478 g/mol. The van der Waals surface area contributed by atoms with E-state index in [4.69, 9.17) is 10.1 Å². The van der Waals surface area contributed by atoms with Crippen LogP contribution in [0.3, 0.4) is 0 Å². The van der Waals surface area contributed by atoms with Gasteiger partial charge in [0, 0.05) is 0 Å². The van der Waals surface area contributed by atoms with Crippen LogP contribution in [0.5, 0.6) is 0 Å². The lowest BCUT2D eigenvalue weighted by Crippen LogP contribution is -2.37. The molecule has 0 unspecified atom stereocenters. The molecule has 0 amide bonds. The first-order chi connectivity index (χ1) is 17.8. The van der Waals surface area contributed by atoms with Crippen molar-refractivity contribution in [2.24, 2.45) is 5.41 Å². The smallest absolute Gasteiger partial charge is 0.135 e. The molecule has 1 fully saturated rings. The molecular formula is C27H26F2N6O2. The van der Waals surface area contributed by atoms with Crippen molar-refractivity contribution in [2.45, 2.75) is 50.7 Å². The number of fused-ring (bicyclic) bond motifs is 5. The van der Waals surface area contributed by atoms with E-state index in [1.54, 1.807) is 12.3 Å². The lowest BCUT2D eigenvalue weighted by molar-refractivity contribution is 0.0747. The van der Waals surface area contributed by atoms with Gasteiger partial charge in [-0.05, 0) is 60.1 Å². The second-order valence-electron chi connectivity index (χ2n) is 10.4. The topological polar surface area (TPSA) is 110 Å². The molecule has 1 saturated carbocycles. The van der Waals surface area contributed by atoms with Crippen LogP contribution in [0.4, 0.5) is 8.78 Å². The van der Waals surface area contributed by atoms with Crippen LogP contribution < -0.4 is 0 Å². The maximum Gasteiger partial charge on any atom is 0.135 e. The summed E-state index contributed by atoms with van der Waals surface area (Å²) >= 11 is 0. The van der Waals surface area contributed by atoms with Crippen molar-refractivity contribution < 1.29 is 19.0 Å². The summed E-state index contributed by atoms with van der Waals surface area (Å²) in [5, 5.41) is 36.3. The third-order valence-corrected chi connectivity index (χ3v) is 8.17. The minimum atomic E-state index is -0.953. The summed E-state index contributed by atoms with van der Waals surface area (Å²) in [6.07, 6.45) is 2.34. The zero-order valence-corrected chi connectivity index (χ0v) is 20.4. The van der Waals surface area contributed by atoms with Gasteiger partial charge in [0.15, 0.2) is 0 Å². The van der Waals surface area contributed by atoms with Crippen molar-refractivity contribution in [3.63, 3.8) is 0 Å². The highest BCUT2D eigenvalue weighted by atomic mass is 19.1. The van der Waals surface area contributed by atoms with Gasteiger partial charge in [-0.2, -0.15) is 20.1 Å². The Hall–Kier alpha value is -3.63. The van der Waals surface area contributed by atoms with Gasteiger partial charge in [-0.15, -0.1) is 5.10 Å². The van der Waals surface area contributed by atoms with Gasteiger partial charge in [0.2, 0.25) is 0 Å². The first-order valence-electron chi connectivity index (χ1n) is 12.3. The molecule has 3 atom stereocenters. The fourth-order valence-electron chi connectivity index (χ4n) is 6.32. The summed E-state index contributed by atoms with van der Waals surface area (Å²) in [7, 11) is 0. The van der Waals surface area contributed by atoms with Gasteiger partial charge in [0.1, 0.15) is 17.3 Å². The van der Waals surface area contributed by atoms with E-state index in [1.165, 1.54) is 23.0 Å². The summed E-state index contributed by atoms with van der Waals surface area (Å²) < 4.78 is 29.0. The van der Waals surface area contributed by atoms with Crippen molar-refractivity contribution in [1.29, 1.82) is 0 Å². The van der Waals surface area contributed by atoms with Gasteiger partial charge in [-0.1, -0.05) is 26.0 Å². The first-order valence-corrected chi connectivity index (χ1v) is 12.3. The molecule has 10 heteroatoms. The highest BCUT2D eigenvalue weighted by Crippen LogP contribution is 2.69. The van der Waals surface area contributed by atoms with Crippen LogP contribution in [0.2, 0.25) is 0 Å². The summed E-state index contributed by atoms with van der Waals surface area (Å²) in [5.41, 5.74) is 3.01. The number of aliphatic hydroxyl groups excluding tert-OH is 2. The second-order valence-corrected chi connectivity index (χ2v) is 10.4. The predicted molar refractivity (Wildman–Crippen MR) is 130 cm³/mol. The lowest BCUT2D eigenvalue weighted by atomic mass is 9.66. The van der Waals surface area contributed by atoms with E-state index in [2.05, 4.69) is 34.2 Å². The van der Waals surface area contributed by atoms with E-state index in [1.807, 2.05) is 18.2 Å². The molecule has 3 aromatic heterocycles. The number of hydrogen-bond acceptors (Lipinski definition) is 7. The Balaban J connectivity index is 1.43. The van der Waals surface area contributed by atoms with Gasteiger partial charge in [-0.3, -0.25) is 4.98 Å². The molecule has 0 aliphatic heterocycles. The van der Waals surface area contributed by atoms with Crippen LogP contribution in [0, 0.1) is 17.0 Å². The average Bonchev–Trinajstić information content (AvgIpc) is 3.51. The van der Waals surface area contributed by atoms with Gasteiger partial charge in [-0.25, -0.2) is 8.78 Å². The fraction of sp³-hybridized carbons (Fsp3) is 0.370. The molecule has 0 spiro atoms. The largest absolute Gasteiger partial charge is 0.394 e. The van der Waals surface area contributed by atoms with E-state index in [0.717, 1.165) is 29.8 Å². The highest BCUT2D eigenvalue weighted by molar-refractivity contribution is 5.64. The van der Waals surface area contributed by atoms with Crippen molar-refractivity contribution in [2.75, 3.05) is 6.61 Å². The molecule has 0 saturated heterocycles. The summed E-state index contributed by atoms with van der Waals surface area (Å²) in [6.45, 7) is 4.07. The van der Waals surface area contributed by atoms with E-state index in [-0.39, 0.29) is 35.7 Å². The van der Waals surface area contributed by atoms with Gasteiger partial charge in [0.25, 0.3) is 0 Å². The zero-order valence-electron chi connectivity index (χ0n) is 20.4. The Labute approximate surface area is 212 Å². The number of hydrogen-bond donors (Lipinski definition) is 2. The average molecular weight is 505 g/mol. The first kappa shape index (κ1) is 23.7. The zero-order chi connectivity index (χ0) is 25.9. The molecule has 37 heavy (non-hydrogen) atoms. The Morgan fingerprint density at radius 3 is 2.57 bits per heavy atom. The molecule has 8 nitrogen and oxygen atoms in total. The molecule has 6 rings (SSSR count). The molecule has 1 aromatic carbocycles. The molecule has 0 radical (unpaired) electrons. The second kappa shape index (κ2) is 8.46. The Morgan fingerprint density at radius 2 is 1.81 bits per heavy atom. The number of halogens is 2. The quantitative estimate of drug-likeness (QED) is 0.413. The standard InChI is InChI=1S/C27H26F2N6O2/c1-26(2)17-9-10-27(26,25-16(17)11-21(32-33-25)24-18(28)5-3-6-19(24)29)23-8-4-7-20(31-23)22-12-30-35(34-22)13-15(37)14-36/h3-8,11-12,15,17,36-37H,9-10,13-14H2,1-2H3/t15-,17+,27+/m1/s1. The predicted octanol–water partition coefficient (Wildman–Crippen LogP) is 3.63. The van der Waals surface area contributed by atoms with Crippen LogP contribution in [-0.4, -0.2) is 53.1 Å². The van der Waals surface area contributed by atoms with Gasteiger partial charge in [0.05, 0.1) is 59.2 Å². The molecule has 2 bridgehead atoms. The third-order valence-electron chi connectivity index (χ3n) is 8.17. The van der Waals surface area contributed by atoms with E-state index >= 15 is 0 Å². The molecule has 2 aliphatic carbocycles. The van der Waals surface area contributed by atoms with Gasteiger partial charge >= 0.3 is 0 Å². The monoisotopic (exact) mass is 504 g/mol. The van der Waals surface area contributed by atoms with E-state index < -0.39 is 23.2 Å². The summed E-state index contributed by atoms with van der Waals surface area (Å²) in [6, 6.07) is 11.3. The summed E-state index contributed by atoms with van der Waals surface area (Å²) in [4.78, 5) is 6.33. The Bertz CT molecular complexity index is 1490. The van der Waals surface area contributed by atoms with Crippen molar-refractivity contribution in [3.05, 3.63) is 77.2 Å². The van der Waals surface area contributed by atoms with Crippen molar-refractivity contribution >= 4 is 0 Å². The molecule has 3 heterocycles. The number of pyridine rings is 1. The highest BCUT2D eigenvalue weighted by Gasteiger charge is 2.65. The molecule has 190 valence electrons. The van der Waals surface area contributed by atoms with Crippen LogP contribution in [0.15, 0.2) is 48.7 Å². The SMILES string of the molecule is CC1(C)[C@H]2CC[C@]1(c1cccc(-c3cnn(C[C@@H](O)CO)n3)n1)c1nnc(-c3c(F)cccc3F)cc12. The summed E-state index contributed by atoms with van der Waals surface area (Å²) in [5.74, 6) is -1.20. The van der Waals surface area contributed by atoms with E-state index in [0.29, 0.717) is 11.4 Å². The number of aromatic nitrogens is 6. The van der Waals surface area contributed by atoms with E-state index in [9.17, 15) is 13.9 Å². The molecule has 4 aromatic rings. The normalized spacial score (nSPS) is 22.3. The van der Waals surface area contributed by atoms with Crippen LogP contribution >= 0.6 is 0 Å². The molecule has 2 N–H and O–H groups in total.